The number of fused-ring (bicyclic) bond motifs is 1. The summed E-state index contributed by atoms with van der Waals surface area (Å²) in [6, 6.07) is 33.4. The standard InChI is InChI=1S/C25H18N2S/c26-20-14-15-21(25-27-23-8-4-5-9-24(23)28-25)22(16-20)19-12-10-18(11-13-19)17-6-2-1-3-7-17/h1-16H,26H2. The van der Waals surface area contributed by atoms with Gasteiger partial charge in [-0.05, 0) is 52.6 Å². The first kappa shape index (κ1) is 16.7. The molecular weight excluding hydrogens is 360 g/mol. The van der Waals surface area contributed by atoms with E-state index in [1.54, 1.807) is 11.3 Å². The van der Waals surface area contributed by atoms with Crippen LogP contribution in [0.15, 0.2) is 97.1 Å². The SMILES string of the molecule is Nc1ccc(-c2nc3ccccc3s2)c(-c2ccc(-c3ccccc3)cc2)c1. The minimum absolute atomic E-state index is 0.756. The Bertz CT molecular complexity index is 1220. The minimum atomic E-state index is 0.756. The van der Waals surface area contributed by atoms with E-state index in [4.69, 9.17) is 10.7 Å². The zero-order valence-corrected chi connectivity index (χ0v) is 16.0. The molecule has 134 valence electrons. The Hall–Kier alpha value is -3.43. The predicted octanol–water partition coefficient (Wildman–Crippen LogP) is 6.88. The van der Waals surface area contributed by atoms with Gasteiger partial charge in [-0.3, -0.25) is 0 Å². The molecule has 0 amide bonds. The Labute approximate surface area is 167 Å². The summed E-state index contributed by atoms with van der Waals surface area (Å²) in [6.07, 6.45) is 0. The van der Waals surface area contributed by atoms with Crippen LogP contribution in [0.1, 0.15) is 0 Å². The maximum absolute atomic E-state index is 6.12. The molecule has 0 aliphatic carbocycles. The molecule has 4 aromatic carbocycles. The lowest BCUT2D eigenvalue weighted by Crippen LogP contribution is -1.90. The number of thiazole rings is 1. The number of rotatable bonds is 3. The van der Waals surface area contributed by atoms with Gasteiger partial charge in [0.05, 0.1) is 10.2 Å². The van der Waals surface area contributed by atoms with Crippen molar-refractivity contribution in [2.75, 3.05) is 5.73 Å². The molecule has 0 saturated carbocycles. The highest BCUT2D eigenvalue weighted by Crippen LogP contribution is 2.38. The van der Waals surface area contributed by atoms with Crippen LogP contribution in [0.4, 0.5) is 5.69 Å². The van der Waals surface area contributed by atoms with Crippen LogP contribution in [-0.2, 0) is 0 Å². The van der Waals surface area contributed by atoms with E-state index >= 15 is 0 Å². The number of para-hydroxylation sites is 1. The fourth-order valence-corrected chi connectivity index (χ4v) is 4.45. The lowest BCUT2D eigenvalue weighted by atomic mass is 9.96. The number of aromatic nitrogens is 1. The van der Waals surface area contributed by atoms with Gasteiger partial charge < -0.3 is 5.73 Å². The lowest BCUT2D eigenvalue weighted by Gasteiger charge is -2.10. The fraction of sp³-hybridized carbons (Fsp3) is 0. The molecule has 0 aliphatic heterocycles. The van der Waals surface area contributed by atoms with Crippen LogP contribution >= 0.6 is 11.3 Å². The summed E-state index contributed by atoms with van der Waals surface area (Å²) in [6.45, 7) is 0. The number of nitrogens with zero attached hydrogens (tertiary/aromatic N) is 1. The Morgan fingerprint density at radius 2 is 1.29 bits per heavy atom. The molecule has 1 heterocycles. The van der Waals surface area contributed by atoms with E-state index in [9.17, 15) is 0 Å². The highest BCUT2D eigenvalue weighted by molar-refractivity contribution is 7.21. The van der Waals surface area contributed by atoms with Gasteiger partial charge in [0.2, 0.25) is 0 Å². The molecule has 0 unspecified atom stereocenters. The van der Waals surface area contributed by atoms with Crippen molar-refractivity contribution in [2.24, 2.45) is 0 Å². The molecule has 28 heavy (non-hydrogen) atoms. The molecule has 0 saturated heterocycles. The molecule has 0 atom stereocenters. The van der Waals surface area contributed by atoms with Crippen molar-refractivity contribution in [3.8, 4) is 32.8 Å². The van der Waals surface area contributed by atoms with Crippen molar-refractivity contribution in [1.29, 1.82) is 0 Å². The molecule has 5 aromatic rings. The van der Waals surface area contributed by atoms with Crippen LogP contribution in [0, 0.1) is 0 Å². The maximum Gasteiger partial charge on any atom is 0.125 e. The van der Waals surface area contributed by atoms with Crippen LogP contribution in [-0.4, -0.2) is 4.98 Å². The van der Waals surface area contributed by atoms with E-state index in [2.05, 4.69) is 72.8 Å². The fourth-order valence-electron chi connectivity index (χ4n) is 3.45. The Morgan fingerprint density at radius 1 is 0.607 bits per heavy atom. The molecular formula is C25H18N2S. The summed E-state index contributed by atoms with van der Waals surface area (Å²) in [5.41, 5.74) is 13.7. The topological polar surface area (TPSA) is 38.9 Å². The highest BCUT2D eigenvalue weighted by Gasteiger charge is 2.13. The van der Waals surface area contributed by atoms with Gasteiger partial charge in [-0.2, -0.15) is 0 Å². The molecule has 0 radical (unpaired) electrons. The van der Waals surface area contributed by atoms with E-state index in [-0.39, 0.29) is 0 Å². The predicted molar refractivity (Wildman–Crippen MR) is 120 cm³/mol. The summed E-state index contributed by atoms with van der Waals surface area (Å²) in [5, 5.41) is 1.02. The molecule has 1 aromatic heterocycles. The molecule has 3 heteroatoms. The van der Waals surface area contributed by atoms with Crippen LogP contribution in [0.5, 0.6) is 0 Å². The van der Waals surface area contributed by atoms with Gasteiger partial charge in [0, 0.05) is 11.3 Å². The molecule has 0 spiro atoms. The summed E-state index contributed by atoms with van der Waals surface area (Å²) in [5.74, 6) is 0. The van der Waals surface area contributed by atoms with E-state index in [1.807, 2.05) is 24.3 Å². The Balaban J connectivity index is 1.61. The van der Waals surface area contributed by atoms with Crippen LogP contribution in [0.25, 0.3) is 43.0 Å². The largest absolute Gasteiger partial charge is 0.399 e. The first-order chi connectivity index (χ1) is 13.8. The van der Waals surface area contributed by atoms with Gasteiger partial charge in [-0.15, -0.1) is 11.3 Å². The second-order valence-corrected chi connectivity index (χ2v) is 7.77. The van der Waals surface area contributed by atoms with E-state index in [0.717, 1.165) is 32.9 Å². The van der Waals surface area contributed by atoms with Gasteiger partial charge in [0.1, 0.15) is 5.01 Å². The summed E-state index contributed by atoms with van der Waals surface area (Å²) in [7, 11) is 0. The van der Waals surface area contributed by atoms with Crippen molar-refractivity contribution >= 4 is 27.2 Å². The van der Waals surface area contributed by atoms with Gasteiger partial charge >= 0.3 is 0 Å². The van der Waals surface area contributed by atoms with Gasteiger partial charge in [-0.25, -0.2) is 4.98 Å². The average Bonchev–Trinajstić information content (AvgIpc) is 3.18. The normalized spacial score (nSPS) is 11.0. The lowest BCUT2D eigenvalue weighted by molar-refractivity contribution is 1.47. The number of benzene rings is 4. The quantitative estimate of drug-likeness (QED) is 0.348. The second kappa shape index (κ2) is 6.95. The molecule has 0 aliphatic rings. The van der Waals surface area contributed by atoms with Crippen LogP contribution < -0.4 is 5.73 Å². The third-order valence-electron chi connectivity index (χ3n) is 4.87. The van der Waals surface area contributed by atoms with E-state index in [1.165, 1.54) is 15.8 Å². The third kappa shape index (κ3) is 3.06. The van der Waals surface area contributed by atoms with Crippen molar-refractivity contribution in [3.05, 3.63) is 97.1 Å². The number of hydrogen-bond donors (Lipinski definition) is 1. The minimum Gasteiger partial charge on any atom is -0.399 e. The molecule has 2 nitrogen and oxygen atoms in total. The number of hydrogen-bond acceptors (Lipinski definition) is 3. The van der Waals surface area contributed by atoms with Crippen LogP contribution in [0.3, 0.4) is 0 Å². The Kier molecular flexibility index (Phi) is 4.15. The van der Waals surface area contributed by atoms with E-state index < -0.39 is 0 Å². The molecule has 2 N–H and O–H groups in total. The monoisotopic (exact) mass is 378 g/mol. The average molecular weight is 379 g/mol. The Morgan fingerprint density at radius 3 is 2.07 bits per heavy atom. The van der Waals surface area contributed by atoms with Crippen molar-refractivity contribution in [2.45, 2.75) is 0 Å². The van der Waals surface area contributed by atoms with E-state index in [0.29, 0.717) is 0 Å². The summed E-state index contributed by atoms with van der Waals surface area (Å²) in [4.78, 5) is 4.84. The van der Waals surface area contributed by atoms with Crippen molar-refractivity contribution in [3.63, 3.8) is 0 Å². The van der Waals surface area contributed by atoms with Gasteiger partial charge in [0.15, 0.2) is 0 Å². The zero-order valence-electron chi connectivity index (χ0n) is 15.2. The third-order valence-corrected chi connectivity index (χ3v) is 5.94. The van der Waals surface area contributed by atoms with Crippen molar-refractivity contribution in [1.82, 2.24) is 4.98 Å². The first-order valence-corrected chi connectivity index (χ1v) is 10.0. The smallest absolute Gasteiger partial charge is 0.125 e. The summed E-state index contributed by atoms with van der Waals surface area (Å²) < 4.78 is 1.19. The molecule has 0 bridgehead atoms. The summed E-state index contributed by atoms with van der Waals surface area (Å²) >= 11 is 1.71. The molecule has 5 rings (SSSR count). The first-order valence-electron chi connectivity index (χ1n) is 9.19. The maximum atomic E-state index is 6.12. The number of nitrogen functional groups attached to an aromatic ring is 1. The second-order valence-electron chi connectivity index (χ2n) is 6.74. The van der Waals surface area contributed by atoms with Gasteiger partial charge in [0.25, 0.3) is 0 Å². The van der Waals surface area contributed by atoms with Crippen LogP contribution in [0.2, 0.25) is 0 Å². The zero-order chi connectivity index (χ0) is 18.9. The van der Waals surface area contributed by atoms with Crippen molar-refractivity contribution < 1.29 is 0 Å². The number of nitrogens with two attached hydrogens (primary N) is 1. The van der Waals surface area contributed by atoms with Gasteiger partial charge in [-0.1, -0.05) is 66.7 Å². The molecule has 0 fully saturated rings. The highest BCUT2D eigenvalue weighted by atomic mass is 32.1. The number of anilines is 1.